The van der Waals surface area contributed by atoms with Crippen LogP contribution in [0.2, 0.25) is 10.0 Å². The van der Waals surface area contributed by atoms with Gasteiger partial charge in [0.15, 0.2) is 4.90 Å². The molecule has 0 aromatic heterocycles. The largest absolute Gasteiger partial charge is 0.456 e. The van der Waals surface area contributed by atoms with Crippen LogP contribution in [0.1, 0.15) is 5.56 Å². The van der Waals surface area contributed by atoms with E-state index in [0.717, 1.165) is 18.2 Å². The molecule has 186 valence electrons. The van der Waals surface area contributed by atoms with Crippen molar-refractivity contribution in [2.75, 3.05) is 0 Å². The van der Waals surface area contributed by atoms with Crippen molar-refractivity contribution in [3.63, 3.8) is 0 Å². The van der Waals surface area contributed by atoms with E-state index < -0.39 is 63.0 Å². The number of halogens is 5. The Bertz CT molecular complexity index is 1530. The molecule has 0 saturated heterocycles. The summed E-state index contributed by atoms with van der Waals surface area (Å²) in [5.41, 5.74) is -2.08. The van der Waals surface area contributed by atoms with Gasteiger partial charge in [0.25, 0.3) is 25.7 Å². The molecule has 35 heavy (non-hydrogen) atoms. The van der Waals surface area contributed by atoms with Crippen LogP contribution in [0.3, 0.4) is 0 Å². The van der Waals surface area contributed by atoms with Gasteiger partial charge in [0.05, 0.1) is 20.5 Å². The maximum absolute atomic E-state index is 12.8. The van der Waals surface area contributed by atoms with E-state index in [4.69, 9.17) is 27.9 Å². The van der Waals surface area contributed by atoms with Gasteiger partial charge in [-0.15, -0.1) is 4.13 Å². The van der Waals surface area contributed by atoms with Crippen molar-refractivity contribution in [2.45, 2.75) is 16.0 Å². The van der Waals surface area contributed by atoms with Crippen LogP contribution >= 0.6 is 23.2 Å². The maximum atomic E-state index is 12.8. The van der Waals surface area contributed by atoms with E-state index in [1.165, 1.54) is 22.3 Å². The number of alkyl halides is 3. The average molecular weight is 571 g/mol. The SMILES string of the molecule is O=[N+]([O-])c1ccc(Oc2ccc(C(F)(F)F)cc2Cl)cc1S(=O)(=O)NS(=O)(=O)c1ccccc1Cl. The lowest BCUT2D eigenvalue weighted by Crippen LogP contribution is -2.31. The molecule has 0 atom stereocenters. The van der Waals surface area contributed by atoms with Crippen LogP contribution in [-0.2, 0) is 26.2 Å². The molecule has 3 aromatic rings. The summed E-state index contributed by atoms with van der Waals surface area (Å²) >= 11 is 11.6. The number of hydrogen-bond acceptors (Lipinski definition) is 7. The highest BCUT2D eigenvalue weighted by atomic mass is 35.5. The molecule has 0 radical (unpaired) electrons. The first-order chi connectivity index (χ1) is 16.1. The molecule has 0 aliphatic carbocycles. The van der Waals surface area contributed by atoms with Gasteiger partial charge >= 0.3 is 6.18 Å². The highest BCUT2D eigenvalue weighted by Crippen LogP contribution is 2.38. The maximum Gasteiger partial charge on any atom is 0.416 e. The molecule has 0 aliphatic rings. The van der Waals surface area contributed by atoms with Crippen molar-refractivity contribution in [1.29, 1.82) is 0 Å². The van der Waals surface area contributed by atoms with Gasteiger partial charge in [-0.1, -0.05) is 35.3 Å². The zero-order valence-corrected chi connectivity index (χ0v) is 19.9. The van der Waals surface area contributed by atoms with Gasteiger partial charge in [-0.3, -0.25) is 10.1 Å². The fourth-order valence-electron chi connectivity index (χ4n) is 2.71. The molecule has 1 N–H and O–H groups in total. The number of hydrogen-bond donors (Lipinski definition) is 1. The summed E-state index contributed by atoms with van der Waals surface area (Å²) in [6.45, 7) is 0. The second-order valence-electron chi connectivity index (χ2n) is 6.65. The molecule has 0 bridgehead atoms. The van der Waals surface area contributed by atoms with Crippen LogP contribution in [0.15, 0.2) is 70.5 Å². The normalized spacial score (nSPS) is 12.4. The number of sulfonamides is 2. The number of nitro groups is 1. The van der Waals surface area contributed by atoms with E-state index >= 15 is 0 Å². The van der Waals surface area contributed by atoms with E-state index in [9.17, 15) is 40.1 Å². The number of nitrogens with one attached hydrogen (secondary N) is 1. The van der Waals surface area contributed by atoms with Crippen molar-refractivity contribution >= 4 is 48.9 Å². The monoisotopic (exact) mass is 570 g/mol. The third-order valence-corrected chi connectivity index (χ3v) is 8.58. The van der Waals surface area contributed by atoms with Gasteiger partial charge in [-0.05, 0) is 36.4 Å². The van der Waals surface area contributed by atoms with Crippen molar-refractivity contribution in [3.8, 4) is 11.5 Å². The average Bonchev–Trinajstić information content (AvgIpc) is 2.73. The Morgan fingerprint density at radius 1 is 0.857 bits per heavy atom. The number of nitrogens with zero attached hydrogens (tertiary/aromatic N) is 1. The van der Waals surface area contributed by atoms with E-state index in [1.54, 1.807) is 0 Å². The Morgan fingerprint density at radius 2 is 1.49 bits per heavy atom. The molecule has 3 rings (SSSR count). The highest BCUT2D eigenvalue weighted by Gasteiger charge is 2.33. The number of benzene rings is 3. The molecule has 0 saturated carbocycles. The number of rotatable bonds is 7. The second kappa shape index (κ2) is 9.62. The van der Waals surface area contributed by atoms with Crippen molar-refractivity contribution < 1.29 is 39.7 Å². The van der Waals surface area contributed by atoms with Crippen molar-refractivity contribution in [3.05, 3.63) is 86.4 Å². The summed E-state index contributed by atoms with van der Waals surface area (Å²) in [6, 6.07) is 9.24. The fraction of sp³-hybridized carbons (Fsp3) is 0.0526. The summed E-state index contributed by atoms with van der Waals surface area (Å²) < 4.78 is 96.0. The van der Waals surface area contributed by atoms with Gasteiger partial charge < -0.3 is 4.74 Å². The first-order valence-corrected chi connectivity index (χ1v) is 12.7. The lowest BCUT2D eigenvalue weighted by molar-refractivity contribution is -0.387. The minimum atomic E-state index is -5.11. The molecule has 0 aliphatic heterocycles. The van der Waals surface area contributed by atoms with Crippen LogP contribution in [-0.4, -0.2) is 21.8 Å². The van der Waals surface area contributed by atoms with Gasteiger partial charge in [0.1, 0.15) is 16.4 Å². The Kier molecular flexibility index (Phi) is 7.34. The Morgan fingerprint density at radius 3 is 2.06 bits per heavy atom. The fourth-order valence-corrected chi connectivity index (χ4v) is 6.51. The number of ether oxygens (including phenoxy) is 1. The molecule has 0 heterocycles. The Labute approximate surface area is 206 Å². The number of nitro benzene ring substituents is 1. The third-order valence-electron chi connectivity index (χ3n) is 4.25. The molecule has 0 spiro atoms. The standard InChI is InChI=1S/C19H11Cl2F3N2O7S2/c20-13-3-1-2-4-17(13)34(29,30)25-35(31,32)18-10-12(6-7-15(18)26(27)28)33-16-8-5-11(9-14(16)21)19(22,23)24/h1-10,25H. The van der Waals surface area contributed by atoms with Crippen LogP contribution < -0.4 is 8.86 Å². The summed E-state index contributed by atoms with van der Waals surface area (Å²) in [6.07, 6.45) is -4.68. The van der Waals surface area contributed by atoms with E-state index in [0.29, 0.717) is 24.3 Å². The molecule has 0 fully saturated rings. The lowest BCUT2D eigenvalue weighted by Gasteiger charge is -2.13. The zero-order valence-electron chi connectivity index (χ0n) is 16.8. The predicted molar refractivity (Wildman–Crippen MR) is 119 cm³/mol. The molecule has 9 nitrogen and oxygen atoms in total. The van der Waals surface area contributed by atoms with E-state index in [-0.39, 0.29) is 10.8 Å². The minimum absolute atomic E-state index is 0.307. The first kappa shape index (κ1) is 26.7. The van der Waals surface area contributed by atoms with Crippen molar-refractivity contribution in [2.24, 2.45) is 0 Å². The van der Waals surface area contributed by atoms with Crippen LogP contribution in [0.5, 0.6) is 11.5 Å². The van der Waals surface area contributed by atoms with Crippen LogP contribution in [0.25, 0.3) is 0 Å². The summed E-state index contributed by atoms with van der Waals surface area (Å²) in [4.78, 5) is 8.61. The molecule has 3 aromatic carbocycles. The first-order valence-electron chi connectivity index (χ1n) is 8.98. The topological polar surface area (TPSA) is 133 Å². The van der Waals surface area contributed by atoms with Gasteiger partial charge in [0.2, 0.25) is 0 Å². The quantitative estimate of drug-likeness (QED) is 0.298. The molecular formula is C19H11Cl2F3N2O7S2. The molecule has 0 unspecified atom stereocenters. The highest BCUT2D eigenvalue weighted by molar-refractivity contribution is 8.04. The molecule has 0 amide bonds. The van der Waals surface area contributed by atoms with Crippen LogP contribution in [0.4, 0.5) is 18.9 Å². The van der Waals surface area contributed by atoms with Crippen molar-refractivity contribution in [1.82, 2.24) is 4.13 Å². The third kappa shape index (κ3) is 6.02. The van der Waals surface area contributed by atoms with Gasteiger partial charge in [0, 0.05) is 12.1 Å². The van der Waals surface area contributed by atoms with E-state index in [2.05, 4.69) is 0 Å². The Balaban J connectivity index is 2.02. The minimum Gasteiger partial charge on any atom is -0.456 e. The van der Waals surface area contributed by atoms with Gasteiger partial charge in [-0.25, -0.2) is 16.8 Å². The summed E-state index contributed by atoms with van der Waals surface area (Å²) in [7, 11) is -9.91. The summed E-state index contributed by atoms with van der Waals surface area (Å²) in [5, 5.41) is 10.6. The van der Waals surface area contributed by atoms with E-state index in [1.807, 2.05) is 0 Å². The Hall–Kier alpha value is -2.91. The molecular weight excluding hydrogens is 560 g/mol. The van der Waals surface area contributed by atoms with Crippen LogP contribution in [0, 0.1) is 10.1 Å². The summed E-state index contributed by atoms with van der Waals surface area (Å²) in [5.74, 6) is -0.721. The predicted octanol–water partition coefficient (Wildman–Crippen LogP) is 5.38. The smallest absolute Gasteiger partial charge is 0.416 e. The molecule has 16 heteroatoms. The zero-order chi connectivity index (χ0) is 26.2. The second-order valence-corrected chi connectivity index (χ2v) is 11.0. The van der Waals surface area contributed by atoms with Gasteiger partial charge in [-0.2, -0.15) is 13.2 Å². The lowest BCUT2D eigenvalue weighted by atomic mass is 10.2.